The van der Waals surface area contributed by atoms with Crippen LogP contribution in [0.1, 0.15) is 52.9 Å². The van der Waals surface area contributed by atoms with Crippen LogP contribution < -0.4 is 5.32 Å². The zero-order chi connectivity index (χ0) is 15.7. The fraction of sp³-hybridized carbons (Fsp3) is 1.00. The summed E-state index contributed by atoms with van der Waals surface area (Å²) in [7, 11) is 4.06. The molecule has 0 heterocycles. The average Bonchev–Trinajstić information content (AvgIpc) is 2.46. The lowest BCUT2D eigenvalue weighted by Gasteiger charge is -2.40. The number of nitrogens with zero attached hydrogens (tertiary/aromatic N) is 1. The molecule has 3 unspecified atom stereocenters. The molecule has 1 rings (SSSR count). The average molecular weight is 299 g/mol. The van der Waals surface area contributed by atoms with E-state index in [4.69, 9.17) is 4.74 Å². The zero-order valence-electron chi connectivity index (χ0n) is 15.0. The Bertz CT molecular complexity index is 258. The van der Waals surface area contributed by atoms with E-state index in [2.05, 4.69) is 38.0 Å². The topological polar surface area (TPSA) is 24.5 Å². The molecule has 0 spiro atoms. The van der Waals surface area contributed by atoms with Gasteiger partial charge in [0.2, 0.25) is 0 Å². The van der Waals surface area contributed by atoms with Crippen LogP contribution in [0.25, 0.3) is 0 Å². The van der Waals surface area contributed by atoms with Crippen molar-refractivity contribution in [3.05, 3.63) is 0 Å². The van der Waals surface area contributed by atoms with Gasteiger partial charge in [0.25, 0.3) is 0 Å². The Morgan fingerprint density at radius 2 is 2.05 bits per heavy atom. The second-order valence-electron chi connectivity index (χ2n) is 7.25. The van der Waals surface area contributed by atoms with Crippen LogP contribution in [0.5, 0.6) is 0 Å². The van der Waals surface area contributed by atoms with Crippen molar-refractivity contribution in [1.82, 2.24) is 10.2 Å². The summed E-state index contributed by atoms with van der Waals surface area (Å²) in [4.78, 5) is 2.51. The summed E-state index contributed by atoms with van der Waals surface area (Å²) in [6.45, 7) is 11.5. The van der Waals surface area contributed by atoms with Crippen LogP contribution in [0.4, 0.5) is 0 Å². The van der Waals surface area contributed by atoms with Crippen molar-refractivity contribution in [1.29, 1.82) is 0 Å². The van der Waals surface area contributed by atoms with Crippen LogP contribution in [0.15, 0.2) is 0 Å². The number of hydrogen-bond acceptors (Lipinski definition) is 3. The van der Waals surface area contributed by atoms with Crippen LogP contribution in [0.3, 0.4) is 0 Å². The minimum Gasteiger partial charge on any atom is -0.385 e. The Labute approximate surface area is 132 Å². The van der Waals surface area contributed by atoms with Gasteiger partial charge in [-0.25, -0.2) is 0 Å². The van der Waals surface area contributed by atoms with Gasteiger partial charge in [0.15, 0.2) is 0 Å². The number of ether oxygens (including phenoxy) is 1. The molecule has 3 nitrogen and oxygen atoms in total. The predicted octanol–water partition coefficient (Wildman–Crippen LogP) is 3.40. The third kappa shape index (κ3) is 7.12. The van der Waals surface area contributed by atoms with E-state index in [0.29, 0.717) is 0 Å². The lowest BCUT2D eigenvalue weighted by atomic mass is 9.73. The van der Waals surface area contributed by atoms with Gasteiger partial charge in [0.05, 0.1) is 0 Å². The number of nitrogens with one attached hydrogen (secondary N) is 1. The van der Waals surface area contributed by atoms with E-state index in [9.17, 15) is 0 Å². The molecule has 1 fully saturated rings. The molecule has 126 valence electrons. The Morgan fingerprint density at radius 3 is 2.67 bits per heavy atom. The first-order valence-electron chi connectivity index (χ1n) is 8.99. The Balaban J connectivity index is 2.48. The lowest BCUT2D eigenvalue weighted by Crippen LogP contribution is -2.46. The Hall–Kier alpha value is -0.120. The first-order valence-corrected chi connectivity index (χ1v) is 8.99. The van der Waals surface area contributed by atoms with Crippen molar-refractivity contribution in [2.45, 2.75) is 58.9 Å². The summed E-state index contributed by atoms with van der Waals surface area (Å²) in [6.07, 6.45) is 6.54. The van der Waals surface area contributed by atoms with Gasteiger partial charge < -0.3 is 15.0 Å². The molecule has 0 aromatic heterocycles. The van der Waals surface area contributed by atoms with E-state index in [1.165, 1.54) is 38.8 Å². The van der Waals surface area contributed by atoms with Crippen molar-refractivity contribution in [2.75, 3.05) is 40.4 Å². The van der Waals surface area contributed by atoms with Crippen molar-refractivity contribution in [3.8, 4) is 0 Å². The highest BCUT2D eigenvalue weighted by atomic mass is 16.5. The Kier molecular flexibility index (Phi) is 9.54. The molecule has 0 amide bonds. The van der Waals surface area contributed by atoms with Crippen molar-refractivity contribution in [2.24, 2.45) is 17.8 Å². The molecule has 0 aliphatic heterocycles. The molecule has 3 atom stereocenters. The molecular weight excluding hydrogens is 260 g/mol. The van der Waals surface area contributed by atoms with E-state index >= 15 is 0 Å². The van der Waals surface area contributed by atoms with Gasteiger partial charge >= 0.3 is 0 Å². The molecule has 21 heavy (non-hydrogen) atoms. The molecule has 1 N–H and O–H groups in total. The van der Waals surface area contributed by atoms with Crippen LogP contribution >= 0.6 is 0 Å². The molecule has 1 aliphatic carbocycles. The summed E-state index contributed by atoms with van der Waals surface area (Å²) >= 11 is 0. The molecule has 0 bridgehead atoms. The lowest BCUT2D eigenvalue weighted by molar-refractivity contribution is 0.124. The maximum absolute atomic E-state index is 5.17. The number of methoxy groups -OCH3 is 1. The van der Waals surface area contributed by atoms with Crippen molar-refractivity contribution >= 4 is 0 Å². The minimum atomic E-state index is 0.727. The van der Waals surface area contributed by atoms with Gasteiger partial charge in [0.1, 0.15) is 0 Å². The summed E-state index contributed by atoms with van der Waals surface area (Å²) < 4.78 is 5.17. The quantitative estimate of drug-likeness (QED) is 0.626. The largest absolute Gasteiger partial charge is 0.385 e. The van der Waals surface area contributed by atoms with E-state index in [1.807, 2.05) is 0 Å². The highest BCUT2D eigenvalue weighted by Crippen LogP contribution is 2.34. The van der Waals surface area contributed by atoms with Crippen LogP contribution in [-0.2, 0) is 4.74 Å². The van der Waals surface area contributed by atoms with Gasteiger partial charge in [-0.05, 0) is 63.5 Å². The summed E-state index contributed by atoms with van der Waals surface area (Å²) in [6, 6.07) is 0.727. The van der Waals surface area contributed by atoms with E-state index < -0.39 is 0 Å². The third-order valence-electron chi connectivity index (χ3n) is 5.06. The number of hydrogen-bond donors (Lipinski definition) is 1. The SMILES string of the molecule is CCCNC1CCC(C(C)C)CC1CN(C)CCCOC. The predicted molar refractivity (Wildman–Crippen MR) is 91.7 cm³/mol. The van der Waals surface area contributed by atoms with Crippen molar-refractivity contribution < 1.29 is 4.74 Å². The summed E-state index contributed by atoms with van der Waals surface area (Å²) in [5.41, 5.74) is 0. The second kappa shape index (κ2) is 10.6. The zero-order valence-corrected chi connectivity index (χ0v) is 15.0. The first kappa shape index (κ1) is 18.9. The molecule has 0 aromatic carbocycles. The van der Waals surface area contributed by atoms with Gasteiger partial charge in [-0.2, -0.15) is 0 Å². The van der Waals surface area contributed by atoms with Gasteiger partial charge in [-0.3, -0.25) is 0 Å². The maximum Gasteiger partial charge on any atom is 0.0474 e. The summed E-state index contributed by atoms with van der Waals surface area (Å²) in [5, 5.41) is 3.80. The second-order valence-corrected chi connectivity index (χ2v) is 7.25. The molecule has 3 heteroatoms. The molecule has 1 saturated carbocycles. The molecule has 0 aromatic rings. The third-order valence-corrected chi connectivity index (χ3v) is 5.06. The van der Waals surface area contributed by atoms with Crippen LogP contribution in [-0.4, -0.2) is 51.3 Å². The Morgan fingerprint density at radius 1 is 1.29 bits per heavy atom. The smallest absolute Gasteiger partial charge is 0.0474 e. The van der Waals surface area contributed by atoms with Gasteiger partial charge in [-0.15, -0.1) is 0 Å². The van der Waals surface area contributed by atoms with Gasteiger partial charge in [-0.1, -0.05) is 20.8 Å². The standard InChI is InChI=1S/C18H38N2O/c1-6-10-19-18-9-8-16(15(2)3)13-17(18)14-20(4)11-7-12-21-5/h15-19H,6-14H2,1-5H3. The minimum absolute atomic E-state index is 0.727. The van der Waals surface area contributed by atoms with Gasteiger partial charge in [0, 0.05) is 32.8 Å². The maximum atomic E-state index is 5.17. The monoisotopic (exact) mass is 298 g/mol. The molecular formula is C18H38N2O. The van der Waals surface area contributed by atoms with E-state index in [1.54, 1.807) is 7.11 Å². The highest BCUT2D eigenvalue weighted by Gasteiger charge is 2.31. The molecule has 1 aliphatic rings. The van der Waals surface area contributed by atoms with E-state index in [0.717, 1.165) is 43.4 Å². The number of rotatable bonds is 10. The highest BCUT2D eigenvalue weighted by molar-refractivity contribution is 4.87. The van der Waals surface area contributed by atoms with E-state index in [-0.39, 0.29) is 0 Å². The normalized spacial score (nSPS) is 26.7. The first-order chi connectivity index (χ1) is 10.1. The van der Waals surface area contributed by atoms with Crippen LogP contribution in [0, 0.1) is 17.8 Å². The fourth-order valence-electron chi connectivity index (χ4n) is 3.68. The fourth-order valence-corrected chi connectivity index (χ4v) is 3.68. The molecule has 0 radical (unpaired) electrons. The van der Waals surface area contributed by atoms with Crippen molar-refractivity contribution in [3.63, 3.8) is 0 Å². The summed E-state index contributed by atoms with van der Waals surface area (Å²) in [5.74, 6) is 2.56. The van der Waals surface area contributed by atoms with Crippen LogP contribution in [0.2, 0.25) is 0 Å². The molecule has 0 saturated heterocycles.